The molecule has 0 aliphatic carbocycles. The van der Waals surface area contributed by atoms with Crippen molar-refractivity contribution in [3.05, 3.63) is 46.1 Å². The Morgan fingerprint density at radius 1 is 1.33 bits per heavy atom. The minimum Gasteiger partial charge on any atom is -0.360 e. The number of hydrogen-bond acceptors (Lipinski definition) is 5. The largest absolute Gasteiger partial charge is 0.360 e. The quantitative estimate of drug-likeness (QED) is 0.749. The number of aryl methyl sites for hydroxylation is 2. The summed E-state index contributed by atoms with van der Waals surface area (Å²) in [6, 6.07) is 3.88. The van der Waals surface area contributed by atoms with Crippen molar-refractivity contribution >= 4 is 27.5 Å². The van der Waals surface area contributed by atoms with Gasteiger partial charge in [0.25, 0.3) is 5.91 Å². The van der Waals surface area contributed by atoms with Crippen LogP contribution in [0, 0.1) is 19.7 Å². The van der Waals surface area contributed by atoms with Gasteiger partial charge in [-0.1, -0.05) is 22.8 Å². The maximum absolute atomic E-state index is 13.6. The lowest BCUT2D eigenvalue weighted by Gasteiger charge is -2.09. The summed E-state index contributed by atoms with van der Waals surface area (Å²) < 4.78 is 45.0. The summed E-state index contributed by atoms with van der Waals surface area (Å²) in [5.41, 5.74) is -0.0464. The van der Waals surface area contributed by atoms with Crippen LogP contribution in [-0.4, -0.2) is 32.6 Å². The summed E-state index contributed by atoms with van der Waals surface area (Å²) in [7, 11) is -3.81. The first kappa shape index (κ1) is 18.4. The average Bonchev–Trinajstić information content (AvgIpc) is 2.83. The first-order valence-electron chi connectivity index (χ1n) is 6.89. The molecule has 0 aliphatic heterocycles. The van der Waals surface area contributed by atoms with Crippen LogP contribution in [0.2, 0.25) is 5.02 Å². The number of hydrogen-bond donors (Lipinski definition) is 2. The summed E-state index contributed by atoms with van der Waals surface area (Å²) in [4.78, 5) is 11.9. The van der Waals surface area contributed by atoms with Crippen molar-refractivity contribution in [2.45, 2.75) is 18.7 Å². The van der Waals surface area contributed by atoms with E-state index in [2.05, 4.69) is 15.2 Å². The Balaban J connectivity index is 1.95. The van der Waals surface area contributed by atoms with Crippen molar-refractivity contribution in [3.8, 4) is 0 Å². The highest BCUT2D eigenvalue weighted by molar-refractivity contribution is 7.89. The fourth-order valence-electron chi connectivity index (χ4n) is 2.09. The van der Waals surface area contributed by atoms with E-state index in [0.717, 1.165) is 6.07 Å². The SMILES string of the molecule is Cc1noc(C)c1S(=O)(=O)NCCNC(=O)c1c(F)cccc1Cl. The molecular weight excluding hydrogens is 361 g/mol. The predicted molar refractivity (Wildman–Crippen MR) is 84.9 cm³/mol. The third-order valence-corrected chi connectivity index (χ3v) is 5.15. The second kappa shape index (κ2) is 7.29. The number of aromatic nitrogens is 1. The molecule has 0 saturated heterocycles. The van der Waals surface area contributed by atoms with Gasteiger partial charge in [-0.3, -0.25) is 4.79 Å². The number of sulfonamides is 1. The van der Waals surface area contributed by atoms with E-state index in [4.69, 9.17) is 16.1 Å². The van der Waals surface area contributed by atoms with Crippen molar-refractivity contribution in [3.63, 3.8) is 0 Å². The Morgan fingerprint density at radius 2 is 2.04 bits per heavy atom. The molecule has 0 fully saturated rings. The lowest BCUT2D eigenvalue weighted by molar-refractivity contribution is 0.0950. The minimum absolute atomic E-state index is 0.0243. The third kappa shape index (κ3) is 3.92. The molecule has 0 radical (unpaired) electrons. The van der Waals surface area contributed by atoms with E-state index in [9.17, 15) is 17.6 Å². The van der Waals surface area contributed by atoms with E-state index >= 15 is 0 Å². The summed E-state index contributed by atoms with van der Waals surface area (Å²) in [5.74, 6) is -1.31. The Kier molecular flexibility index (Phi) is 5.58. The zero-order valence-corrected chi connectivity index (χ0v) is 14.5. The van der Waals surface area contributed by atoms with E-state index < -0.39 is 21.7 Å². The van der Waals surface area contributed by atoms with Crippen molar-refractivity contribution in [2.75, 3.05) is 13.1 Å². The van der Waals surface area contributed by atoms with Crippen LogP contribution >= 0.6 is 11.6 Å². The van der Waals surface area contributed by atoms with Gasteiger partial charge < -0.3 is 9.84 Å². The molecule has 0 unspecified atom stereocenters. The van der Waals surface area contributed by atoms with Crippen LogP contribution in [0.3, 0.4) is 0 Å². The number of carbonyl (C=O) groups is 1. The maximum Gasteiger partial charge on any atom is 0.255 e. The van der Waals surface area contributed by atoms with E-state index in [1.807, 2.05) is 0 Å². The van der Waals surface area contributed by atoms with Gasteiger partial charge in [0.1, 0.15) is 16.4 Å². The first-order chi connectivity index (χ1) is 11.2. The highest BCUT2D eigenvalue weighted by atomic mass is 35.5. The van der Waals surface area contributed by atoms with E-state index in [-0.39, 0.29) is 40.0 Å². The fourth-order valence-corrected chi connectivity index (χ4v) is 3.70. The molecule has 0 saturated carbocycles. The lowest BCUT2D eigenvalue weighted by Crippen LogP contribution is -2.35. The molecule has 2 N–H and O–H groups in total. The van der Waals surface area contributed by atoms with E-state index in [1.165, 1.54) is 26.0 Å². The van der Waals surface area contributed by atoms with Crippen LogP contribution in [0.1, 0.15) is 21.8 Å². The average molecular weight is 376 g/mol. The number of nitrogens with zero attached hydrogens (tertiary/aromatic N) is 1. The molecule has 1 aromatic heterocycles. The van der Waals surface area contributed by atoms with Crippen molar-refractivity contribution < 1.29 is 22.1 Å². The second-order valence-corrected chi connectivity index (χ2v) is 7.01. The summed E-state index contributed by atoms with van der Waals surface area (Å²) in [6.07, 6.45) is 0. The number of benzene rings is 1. The Morgan fingerprint density at radius 3 is 2.62 bits per heavy atom. The van der Waals surface area contributed by atoms with Gasteiger partial charge in [-0.25, -0.2) is 17.5 Å². The molecule has 1 heterocycles. The number of nitrogens with one attached hydrogen (secondary N) is 2. The molecule has 24 heavy (non-hydrogen) atoms. The van der Waals surface area contributed by atoms with Crippen LogP contribution in [0.15, 0.2) is 27.6 Å². The van der Waals surface area contributed by atoms with E-state index in [1.54, 1.807) is 0 Å². The smallest absolute Gasteiger partial charge is 0.255 e. The van der Waals surface area contributed by atoms with Gasteiger partial charge in [-0.2, -0.15) is 0 Å². The Hall–Kier alpha value is -1.97. The molecule has 2 rings (SSSR count). The van der Waals surface area contributed by atoms with Gasteiger partial charge in [0, 0.05) is 13.1 Å². The molecular formula is C14H15ClFN3O4S. The standard InChI is InChI=1S/C14H15ClFN3O4S/c1-8-13(9(2)23-19-8)24(21,22)18-7-6-17-14(20)12-10(15)4-3-5-11(12)16/h3-5,18H,6-7H2,1-2H3,(H,17,20). The van der Waals surface area contributed by atoms with Gasteiger partial charge in [-0.15, -0.1) is 0 Å². The van der Waals surface area contributed by atoms with Crippen LogP contribution in [0.4, 0.5) is 4.39 Å². The van der Waals surface area contributed by atoms with Crippen LogP contribution in [0.25, 0.3) is 0 Å². The van der Waals surface area contributed by atoms with Gasteiger partial charge in [0.2, 0.25) is 10.0 Å². The third-order valence-electron chi connectivity index (χ3n) is 3.13. The van der Waals surface area contributed by atoms with Crippen molar-refractivity contribution in [2.24, 2.45) is 0 Å². The van der Waals surface area contributed by atoms with Crippen LogP contribution in [-0.2, 0) is 10.0 Å². The topological polar surface area (TPSA) is 101 Å². The predicted octanol–water partition coefficient (Wildman–Crippen LogP) is 1.79. The molecule has 0 bridgehead atoms. The molecule has 1 aromatic carbocycles. The monoisotopic (exact) mass is 375 g/mol. The Labute approximate surface area is 143 Å². The number of carbonyl (C=O) groups excluding carboxylic acids is 1. The highest BCUT2D eigenvalue weighted by Crippen LogP contribution is 2.19. The molecule has 10 heteroatoms. The number of amides is 1. The van der Waals surface area contributed by atoms with Crippen molar-refractivity contribution in [1.82, 2.24) is 15.2 Å². The molecule has 0 atom stereocenters. The van der Waals surface area contributed by atoms with Crippen molar-refractivity contribution in [1.29, 1.82) is 0 Å². The van der Waals surface area contributed by atoms with Gasteiger partial charge in [0.05, 0.1) is 10.6 Å². The molecule has 0 aliphatic rings. The zero-order chi connectivity index (χ0) is 17.9. The summed E-state index contributed by atoms with van der Waals surface area (Å²) in [5, 5.41) is 5.95. The van der Waals surface area contributed by atoms with Gasteiger partial charge in [-0.05, 0) is 26.0 Å². The molecule has 0 spiro atoms. The summed E-state index contributed by atoms with van der Waals surface area (Å²) >= 11 is 5.78. The minimum atomic E-state index is -3.81. The fraction of sp³-hybridized carbons (Fsp3) is 0.286. The molecule has 7 nitrogen and oxygen atoms in total. The molecule has 1 amide bonds. The zero-order valence-electron chi connectivity index (χ0n) is 12.9. The van der Waals surface area contributed by atoms with Crippen LogP contribution < -0.4 is 10.0 Å². The number of halogens is 2. The highest BCUT2D eigenvalue weighted by Gasteiger charge is 2.23. The van der Waals surface area contributed by atoms with Crippen LogP contribution in [0.5, 0.6) is 0 Å². The lowest BCUT2D eigenvalue weighted by atomic mass is 10.2. The normalized spacial score (nSPS) is 11.5. The van der Waals surface area contributed by atoms with Gasteiger partial charge >= 0.3 is 0 Å². The maximum atomic E-state index is 13.6. The number of rotatable bonds is 6. The van der Waals surface area contributed by atoms with Gasteiger partial charge in [0.15, 0.2) is 5.76 Å². The summed E-state index contributed by atoms with van der Waals surface area (Å²) in [6.45, 7) is 2.85. The first-order valence-corrected chi connectivity index (χ1v) is 8.75. The molecule has 2 aromatic rings. The second-order valence-electron chi connectivity index (χ2n) is 4.90. The molecule has 130 valence electrons. The van der Waals surface area contributed by atoms with E-state index in [0.29, 0.717) is 0 Å². The Bertz CT molecular complexity index is 827.